The summed E-state index contributed by atoms with van der Waals surface area (Å²) in [4.78, 5) is 24.4. The number of carbonyl (C=O) groups is 2. The Morgan fingerprint density at radius 1 is 1.18 bits per heavy atom. The average Bonchev–Trinajstić information content (AvgIpc) is 2.98. The predicted octanol–water partition coefficient (Wildman–Crippen LogP) is 1.89. The Balaban J connectivity index is 2.22. The average molecular weight is 264 g/mol. The van der Waals surface area contributed by atoms with Gasteiger partial charge in [0, 0.05) is 10.4 Å². The molecule has 0 aromatic carbocycles. The fourth-order valence-corrected chi connectivity index (χ4v) is 3.55. The number of thiophene rings is 2. The SMILES string of the molecule is O=C1NC(=O)[C@@](c2ccsc2)(c2cccs2)N1. The largest absolute Gasteiger partial charge is 0.322 e. The lowest BCUT2D eigenvalue weighted by molar-refractivity contribution is -0.122. The van der Waals surface area contributed by atoms with Crippen LogP contribution >= 0.6 is 22.7 Å². The maximum absolute atomic E-state index is 12.1. The van der Waals surface area contributed by atoms with Crippen LogP contribution in [0.3, 0.4) is 0 Å². The van der Waals surface area contributed by atoms with Gasteiger partial charge >= 0.3 is 6.03 Å². The van der Waals surface area contributed by atoms with Crippen molar-refractivity contribution in [1.29, 1.82) is 0 Å². The van der Waals surface area contributed by atoms with Crippen molar-refractivity contribution in [3.63, 3.8) is 0 Å². The van der Waals surface area contributed by atoms with Gasteiger partial charge < -0.3 is 5.32 Å². The van der Waals surface area contributed by atoms with Crippen molar-refractivity contribution < 1.29 is 9.59 Å². The number of rotatable bonds is 2. The molecule has 3 rings (SSSR count). The summed E-state index contributed by atoms with van der Waals surface area (Å²) in [5, 5.41) is 10.7. The van der Waals surface area contributed by atoms with Gasteiger partial charge in [-0.3, -0.25) is 10.1 Å². The summed E-state index contributed by atoms with van der Waals surface area (Å²) in [5.41, 5.74) is -0.251. The van der Waals surface area contributed by atoms with Gasteiger partial charge in [0.05, 0.1) is 0 Å². The van der Waals surface area contributed by atoms with Crippen LogP contribution in [0.15, 0.2) is 34.3 Å². The summed E-state index contributed by atoms with van der Waals surface area (Å²) in [6.45, 7) is 0. The summed E-state index contributed by atoms with van der Waals surface area (Å²) >= 11 is 2.95. The molecule has 1 fully saturated rings. The van der Waals surface area contributed by atoms with Gasteiger partial charge in [0.2, 0.25) is 0 Å². The van der Waals surface area contributed by atoms with Crippen LogP contribution in [0.25, 0.3) is 0 Å². The van der Waals surface area contributed by atoms with Crippen molar-refractivity contribution in [3.05, 3.63) is 44.8 Å². The predicted molar refractivity (Wildman–Crippen MR) is 66.1 cm³/mol. The van der Waals surface area contributed by atoms with E-state index in [-0.39, 0.29) is 5.91 Å². The van der Waals surface area contributed by atoms with Crippen molar-refractivity contribution in [1.82, 2.24) is 10.6 Å². The Hall–Kier alpha value is -1.66. The van der Waals surface area contributed by atoms with E-state index in [0.717, 1.165) is 10.4 Å². The maximum atomic E-state index is 12.1. The highest BCUT2D eigenvalue weighted by Crippen LogP contribution is 2.36. The molecule has 3 heterocycles. The first-order valence-electron chi connectivity index (χ1n) is 4.94. The van der Waals surface area contributed by atoms with Gasteiger partial charge in [-0.25, -0.2) is 4.79 Å². The highest BCUT2D eigenvalue weighted by atomic mass is 32.1. The molecule has 0 saturated carbocycles. The fraction of sp³-hybridized carbons (Fsp3) is 0.0909. The van der Waals surface area contributed by atoms with Crippen LogP contribution in [0.5, 0.6) is 0 Å². The van der Waals surface area contributed by atoms with E-state index in [1.54, 1.807) is 0 Å². The number of carbonyl (C=O) groups excluding carboxylic acids is 2. The highest BCUT2D eigenvalue weighted by molar-refractivity contribution is 7.10. The minimum Gasteiger partial charge on any atom is -0.315 e. The van der Waals surface area contributed by atoms with Crippen LogP contribution in [0.4, 0.5) is 4.79 Å². The number of hydrogen-bond donors (Lipinski definition) is 2. The molecule has 1 atom stereocenters. The summed E-state index contributed by atoms with van der Waals surface area (Å²) in [6, 6.07) is 5.13. The Bertz CT molecular complexity index is 526. The van der Waals surface area contributed by atoms with Crippen LogP contribution < -0.4 is 10.6 Å². The van der Waals surface area contributed by atoms with Crippen LogP contribution in [-0.4, -0.2) is 11.9 Å². The van der Waals surface area contributed by atoms with Crippen molar-refractivity contribution in [2.45, 2.75) is 5.54 Å². The monoisotopic (exact) mass is 264 g/mol. The molecule has 0 bridgehead atoms. The molecular weight excluding hydrogens is 256 g/mol. The molecule has 2 N–H and O–H groups in total. The van der Waals surface area contributed by atoms with E-state index < -0.39 is 11.6 Å². The van der Waals surface area contributed by atoms with Crippen LogP contribution in [-0.2, 0) is 10.3 Å². The van der Waals surface area contributed by atoms with Crippen molar-refractivity contribution in [3.8, 4) is 0 Å². The van der Waals surface area contributed by atoms with Crippen molar-refractivity contribution in [2.24, 2.45) is 0 Å². The Kier molecular flexibility index (Phi) is 2.27. The van der Waals surface area contributed by atoms with Gasteiger partial charge in [-0.2, -0.15) is 11.3 Å². The second-order valence-corrected chi connectivity index (χ2v) is 5.38. The third kappa shape index (κ3) is 1.41. The molecule has 0 radical (unpaired) electrons. The molecule has 0 unspecified atom stereocenters. The summed E-state index contributed by atoms with van der Waals surface area (Å²) < 4.78 is 0. The van der Waals surface area contributed by atoms with Gasteiger partial charge in [-0.05, 0) is 28.3 Å². The zero-order valence-corrected chi connectivity index (χ0v) is 10.2. The molecule has 1 aliphatic heterocycles. The molecule has 2 aromatic rings. The topological polar surface area (TPSA) is 58.2 Å². The number of nitrogens with one attached hydrogen (secondary N) is 2. The van der Waals surface area contributed by atoms with E-state index in [2.05, 4.69) is 10.6 Å². The third-order valence-electron chi connectivity index (χ3n) is 2.71. The molecule has 1 aliphatic rings. The highest BCUT2D eigenvalue weighted by Gasteiger charge is 2.50. The summed E-state index contributed by atoms with van der Waals surface area (Å²) in [7, 11) is 0. The number of imide groups is 1. The Labute approximate surface area is 105 Å². The number of hydrogen-bond acceptors (Lipinski definition) is 4. The molecule has 86 valence electrons. The van der Waals surface area contributed by atoms with E-state index in [1.807, 2.05) is 34.3 Å². The molecule has 0 aliphatic carbocycles. The van der Waals surface area contributed by atoms with E-state index >= 15 is 0 Å². The van der Waals surface area contributed by atoms with Crippen molar-refractivity contribution in [2.75, 3.05) is 0 Å². The van der Waals surface area contributed by atoms with Gasteiger partial charge in [-0.1, -0.05) is 6.07 Å². The minimum atomic E-state index is -1.05. The first kappa shape index (κ1) is 10.5. The lowest BCUT2D eigenvalue weighted by Gasteiger charge is -2.23. The molecule has 0 spiro atoms. The third-order valence-corrected chi connectivity index (χ3v) is 4.39. The fourth-order valence-electron chi connectivity index (χ4n) is 1.94. The molecule has 17 heavy (non-hydrogen) atoms. The molecule has 2 aromatic heterocycles. The second-order valence-electron chi connectivity index (χ2n) is 3.65. The van der Waals surface area contributed by atoms with E-state index in [4.69, 9.17) is 0 Å². The molecule has 6 heteroatoms. The van der Waals surface area contributed by atoms with Crippen LogP contribution in [0.2, 0.25) is 0 Å². The molecule has 1 saturated heterocycles. The number of urea groups is 1. The second kappa shape index (κ2) is 3.68. The zero-order chi connectivity index (χ0) is 11.9. The lowest BCUT2D eigenvalue weighted by Crippen LogP contribution is -2.43. The van der Waals surface area contributed by atoms with Crippen molar-refractivity contribution >= 4 is 34.6 Å². The summed E-state index contributed by atoms with van der Waals surface area (Å²) in [5.74, 6) is -0.316. The van der Waals surface area contributed by atoms with Gasteiger partial charge in [0.25, 0.3) is 5.91 Å². The maximum Gasteiger partial charge on any atom is 0.322 e. The summed E-state index contributed by atoms with van der Waals surface area (Å²) in [6.07, 6.45) is 0. The number of amides is 3. The first-order chi connectivity index (χ1) is 8.23. The molecule has 4 nitrogen and oxygen atoms in total. The normalized spacial score (nSPS) is 23.5. The standard InChI is InChI=1S/C11H8N2O2S2/c14-9-11(13-10(15)12-9,7-3-5-16-6-7)8-2-1-4-17-8/h1-6H,(H2,12,13,14,15)/t11-/m1/s1. The van der Waals surface area contributed by atoms with Gasteiger partial charge in [0.1, 0.15) is 0 Å². The minimum absolute atomic E-state index is 0.316. The van der Waals surface area contributed by atoms with Crippen LogP contribution in [0, 0.1) is 0 Å². The van der Waals surface area contributed by atoms with Gasteiger partial charge in [0.15, 0.2) is 5.54 Å². The Morgan fingerprint density at radius 2 is 2.06 bits per heavy atom. The quantitative estimate of drug-likeness (QED) is 0.814. The molecular formula is C11H8N2O2S2. The van der Waals surface area contributed by atoms with E-state index in [1.165, 1.54) is 22.7 Å². The van der Waals surface area contributed by atoms with Crippen LogP contribution in [0.1, 0.15) is 10.4 Å². The lowest BCUT2D eigenvalue weighted by atomic mass is 9.90. The van der Waals surface area contributed by atoms with E-state index in [0.29, 0.717) is 0 Å². The van der Waals surface area contributed by atoms with E-state index in [9.17, 15) is 9.59 Å². The zero-order valence-electron chi connectivity index (χ0n) is 8.60. The smallest absolute Gasteiger partial charge is 0.315 e. The first-order valence-corrected chi connectivity index (χ1v) is 6.76. The Morgan fingerprint density at radius 3 is 2.59 bits per heavy atom. The van der Waals surface area contributed by atoms with Gasteiger partial charge in [-0.15, -0.1) is 11.3 Å². The molecule has 3 amide bonds.